The summed E-state index contributed by atoms with van der Waals surface area (Å²) in [5.41, 5.74) is 0.235. The fraction of sp³-hybridized carbons (Fsp3) is 0.522. The molecule has 1 aromatic heterocycles. The second-order valence-corrected chi connectivity index (χ2v) is 11.4. The number of aliphatic hydroxyl groups is 1. The van der Waals surface area contributed by atoms with Gasteiger partial charge in [0.2, 0.25) is 21.9 Å². The van der Waals surface area contributed by atoms with Crippen LogP contribution in [0.4, 0.5) is 21.8 Å². The maximum Gasteiger partial charge on any atom is 0.240 e. The van der Waals surface area contributed by atoms with Crippen molar-refractivity contribution in [3.8, 4) is 0 Å². The molecule has 2 saturated carbocycles. The van der Waals surface area contributed by atoms with E-state index in [2.05, 4.69) is 20.0 Å². The topological polar surface area (TPSA) is 125 Å². The Kier molecular flexibility index (Phi) is 5.61. The predicted octanol–water partition coefficient (Wildman–Crippen LogP) is 2.73. The third-order valence-electron chi connectivity index (χ3n) is 6.76. The minimum Gasteiger partial charge on any atom is -0.393 e. The van der Waals surface area contributed by atoms with Crippen molar-refractivity contribution >= 4 is 33.4 Å². The first-order valence-electron chi connectivity index (χ1n) is 11.6. The molecule has 0 unspecified atom stereocenters. The summed E-state index contributed by atoms with van der Waals surface area (Å²) in [5.74, 6) is -0.135. The quantitative estimate of drug-likeness (QED) is 0.570. The highest BCUT2D eigenvalue weighted by molar-refractivity contribution is 7.89. The van der Waals surface area contributed by atoms with Crippen LogP contribution in [0, 0.1) is 5.82 Å². The zero-order chi connectivity index (χ0) is 24.3. The fourth-order valence-electron chi connectivity index (χ4n) is 4.98. The molecule has 1 spiro atoms. The molecule has 3 aliphatic rings. The maximum atomic E-state index is 14.8. The van der Waals surface area contributed by atoms with E-state index in [0.29, 0.717) is 12.2 Å². The summed E-state index contributed by atoms with van der Waals surface area (Å²) in [6.45, 7) is 3.37. The van der Waals surface area contributed by atoms with Crippen molar-refractivity contribution < 1.29 is 22.7 Å². The number of fused-ring (bicyclic) bond motifs is 2. The number of rotatable bonds is 6. The number of amides is 1. The number of nitrogens with zero attached hydrogens (tertiary/aromatic N) is 3. The van der Waals surface area contributed by atoms with Gasteiger partial charge in [-0.05, 0) is 70.6 Å². The van der Waals surface area contributed by atoms with Gasteiger partial charge in [-0.3, -0.25) is 9.69 Å². The van der Waals surface area contributed by atoms with Gasteiger partial charge < -0.3 is 10.4 Å². The molecule has 1 amide bonds. The fourth-order valence-corrected chi connectivity index (χ4v) is 6.24. The Balaban J connectivity index is 1.43. The predicted molar refractivity (Wildman–Crippen MR) is 124 cm³/mol. The van der Waals surface area contributed by atoms with Crippen LogP contribution in [0.3, 0.4) is 0 Å². The molecule has 0 radical (unpaired) electrons. The summed E-state index contributed by atoms with van der Waals surface area (Å²) in [4.78, 5) is 23.7. The largest absolute Gasteiger partial charge is 0.393 e. The number of carbonyl (C=O) groups excluding carboxylic acids is 1. The number of aliphatic hydroxyl groups excluding tert-OH is 1. The van der Waals surface area contributed by atoms with Crippen LogP contribution in [0.5, 0.6) is 0 Å². The number of anilines is 3. The lowest BCUT2D eigenvalue weighted by molar-refractivity contribution is -0.121. The van der Waals surface area contributed by atoms with Gasteiger partial charge in [0, 0.05) is 23.8 Å². The molecule has 1 aromatic carbocycles. The maximum absolute atomic E-state index is 14.8. The number of aromatic nitrogens is 2. The van der Waals surface area contributed by atoms with Gasteiger partial charge >= 0.3 is 0 Å². The first kappa shape index (κ1) is 23.1. The molecule has 2 fully saturated rings. The summed E-state index contributed by atoms with van der Waals surface area (Å²) in [7, 11) is -3.83. The van der Waals surface area contributed by atoms with Crippen LogP contribution in [0.15, 0.2) is 29.3 Å². The van der Waals surface area contributed by atoms with Crippen molar-refractivity contribution in [2.45, 2.75) is 80.9 Å². The van der Waals surface area contributed by atoms with E-state index >= 15 is 0 Å². The standard InChI is InChI=1S/C23H28FN5O4S/c1-13(2)28-34(32,33)16-6-7-19(18(24)11-16)26-22-25-12-17-20(27-22)29(21(31)23(17)8-9-23)14-4-3-5-15(30)10-14/h6-7,11-15,28,30H,3-5,8-10H2,1-2H3,(H,25,26,27)/t14-,15-/m1/s1. The Morgan fingerprint density at radius 3 is 2.68 bits per heavy atom. The molecule has 1 aliphatic heterocycles. The van der Waals surface area contributed by atoms with Crippen LogP contribution in [0.1, 0.15) is 57.9 Å². The zero-order valence-electron chi connectivity index (χ0n) is 19.1. The van der Waals surface area contributed by atoms with Gasteiger partial charge in [-0.1, -0.05) is 0 Å². The Labute approximate surface area is 197 Å². The van der Waals surface area contributed by atoms with Crippen LogP contribution >= 0.6 is 0 Å². The monoisotopic (exact) mass is 489 g/mol. The van der Waals surface area contributed by atoms with Crippen molar-refractivity contribution in [1.29, 1.82) is 0 Å². The number of halogens is 1. The molecule has 2 aromatic rings. The molecule has 0 saturated heterocycles. The highest BCUT2D eigenvalue weighted by Crippen LogP contribution is 2.57. The molecule has 11 heteroatoms. The lowest BCUT2D eigenvalue weighted by Gasteiger charge is -2.33. The summed E-state index contributed by atoms with van der Waals surface area (Å²) in [6.07, 6.45) is 5.52. The number of hydrogen-bond donors (Lipinski definition) is 3. The van der Waals surface area contributed by atoms with E-state index in [-0.39, 0.29) is 34.5 Å². The number of sulfonamides is 1. The first-order chi connectivity index (χ1) is 16.1. The minimum absolute atomic E-state index is 0.00597. The van der Waals surface area contributed by atoms with Gasteiger partial charge in [0.25, 0.3) is 0 Å². The normalized spacial score (nSPS) is 23.4. The van der Waals surface area contributed by atoms with Crippen LogP contribution < -0.4 is 14.9 Å². The Hall–Kier alpha value is -2.63. The van der Waals surface area contributed by atoms with Crippen LogP contribution in [0.25, 0.3) is 0 Å². The van der Waals surface area contributed by atoms with Gasteiger partial charge in [0.05, 0.1) is 22.1 Å². The van der Waals surface area contributed by atoms with Crippen LogP contribution in [-0.4, -0.2) is 47.6 Å². The Bertz CT molecular complexity index is 1250. The van der Waals surface area contributed by atoms with Gasteiger partial charge in [0.15, 0.2) is 0 Å². The number of carbonyl (C=O) groups is 1. The molecule has 9 nitrogen and oxygen atoms in total. The summed E-state index contributed by atoms with van der Waals surface area (Å²) < 4.78 is 41.8. The average Bonchev–Trinajstić information content (AvgIpc) is 3.52. The van der Waals surface area contributed by atoms with Crippen molar-refractivity contribution in [2.24, 2.45) is 0 Å². The first-order valence-corrected chi connectivity index (χ1v) is 13.1. The summed E-state index contributed by atoms with van der Waals surface area (Å²) in [5, 5.41) is 13.0. The molecule has 0 bridgehead atoms. The second-order valence-electron chi connectivity index (χ2n) is 9.71. The van der Waals surface area contributed by atoms with Crippen molar-refractivity contribution in [3.05, 3.63) is 35.8 Å². The number of benzene rings is 1. The van der Waals surface area contributed by atoms with Crippen molar-refractivity contribution in [3.63, 3.8) is 0 Å². The molecule has 182 valence electrons. The molecule has 2 heterocycles. The Morgan fingerprint density at radius 1 is 1.26 bits per heavy atom. The molecular formula is C23H28FN5O4S. The minimum atomic E-state index is -3.83. The van der Waals surface area contributed by atoms with E-state index < -0.39 is 27.4 Å². The highest BCUT2D eigenvalue weighted by Gasteiger charge is 2.61. The molecule has 5 rings (SSSR count). The average molecular weight is 490 g/mol. The molecule has 34 heavy (non-hydrogen) atoms. The summed E-state index contributed by atoms with van der Waals surface area (Å²) >= 11 is 0. The van der Waals surface area contributed by atoms with E-state index in [1.165, 1.54) is 12.1 Å². The van der Waals surface area contributed by atoms with Crippen LogP contribution in [-0.2, 0) is 20.2 Å². The SMILES string of the molecule is CC(C)NS(=O)(=O)c1ccc(Nc2ncc3c(n2)N([C@@H]2CCC[C@@H](O)C2)C(=O)C32CC2)c(F)c1. The Morgan fingerprint density at radius 2 is 2.03 bits per heavy atom. The highest BCUT2D eigenvalue weighted by atomic mass is 32.2. The molecule has 2 atom stereocenters. The third-order valence-corrected chi connectivity index (χ3v) is 8.42. The zero-order valence-corrected chi connectivity index (χ0v) is 19.9. The van der Waals surface area contributed by atoms with E-state index in [1.807, 2.05) is 0 Å². The van der Waals surface area contributed by atoms with Crippen molar-refractivity contribution in [1.82, 2.24) is 14.7 Å². The van der Waals surface area contributed by atoms with E-state index in [4.69, 9.17) is 0 Å². The van der Waals surface area contributed by atoms with Crippen LogP contribution in [0.2, 0.25) is 0 Å². The molecular weight excluding hydrogens is 461 g/mol. The smallest absolute Gasteiger partial charge is 0.240 e. The van der Waals surface area contributed by atoms with E-state index in [0.717, 1.165) is 43.7 Å². The van der Waals surface area contributed by atoms with Gasteiger partial charge in [0.1, 0.15) is 11.6 Å². The van der Waals surface area contributed by atoms with E-state index in [1.54, 1.807) is 24.9 Å². The second kappa shape index (κ2) is 8.24. The molecule has 2 aliphatic carbocycles. The lowest BCUT2D eigenvalue weighted by Crippen LogP contribution is -2.44. The lowest BCUT2D eigenvalue weighted by atomic mass is 9.92. The van der Waals surface area contributed by atoms with Crippen molar-refractivity contribution in [2.75, 3.05) is 10.2 Å². The summed E-state index contributed by atoms with van der Waals surface area (Å²) in [6, 6.07) is 3.12. The molecule has 3 N–H and O–H groups in total. The van der Waals surface area contributed by atoms with Gasteiger partial charge in [-0.15, -0.1) is 0 Å². The van der Waals surface area contributed by atoms with Gasteiger partial charge in [-0.2, -0.15) is 4.98 Å². The number of nitrogens with one attached hydrogen (secondary N) is 2. The van der Waals surface area contributed by atoms with E-state index in [9.17, 15) is 22.7 Å². The third kappa shape index (κ3) is 3.95. The number of hydrogen-bond acceptors (Lipinski definition) is 7. The van der Waals surface area contributed by atoms with Gasteiger partial charge in [-0.25, -0.2) is 22.5 Å².